The molecule has 0 unspecified atom stereocenters. The average Bonchev–Trinajstić information content (AvgIpc) is 2.77. The van der Waals surface area contributed by atoms with Crippen LogP contribution in [0.15, 0.2) is 41.3 Å². The first kappa shape index (κ1) is 12.3. The first-order chi connectivity index (χ1) is 8.65. The molecule has 6 heteroatoms. The number of rotatable bonds is 4. The van der Waals surface area contributed by atoms with Crippen molar-refractivity contribution in [2.45, 2.75) is 6.54 Å². The van der Waals surface area contributed by atoms with Gasteiger partial charge in [0.05, 0.1) is 6.54 Å². The Kier molecular flexibility index (Phi) is 3.69. The van der Waals surface area contributed by atoms with E-state index in [1.807, 2.05) is 12.1 Å². The second-order valence-corrected chi connectivity index (χ2v) is 4.70. The Labute approximate surface area is 107 Å². The monoisotopic (exact) mass is 262 g/mol. The number of carboxylic acids is 1. The van der Waals surface area contributed by atoms with E-state index in [9.17, 15) is 9.59 Å². The Morgan fingerprint density at radius 3 is 3.00 bits per heavy atom. The van der Waals surface area contributed by atoms with E-state index in [0.29, 0.717) is 6.54 Å². The quantitative estimate of drug-likeness (QED) is 0.846. The Balaban J connectivity index is 2.14. The van der Waals surface area contributed by atoms with Gasteiger partial charge in [0.15, 0.2) is 0 Å². The highest BCUT2D eigenvalue weighted by Crippen LogP contribution is 2.18. The van der Waals surface area contributed by atoms with E-state index < -0.39 is 5.97 Å². The summed E-state index contributed by atoms with van der Waals surface area (Å²) in [6.45, 7) is 0.394. The third-order valence-corrected chi connectivity index (χ3v) is 3.20. The molecule has 2 aromatic rings. The van der Waals surface area contributed by atoms with E-state index in [0.717, 1.165) is 15.8 Å². The van der Waals surface area contributed by atoms with Gasteiger partial charge < -0.3 is 5.11 Å². The van der Waals surface area contributed by atoms with E-state index in [4.69, 9.17) is 5.11 Å². The summed E-state index contributed by atoms with van der Waals surface area (Å²) in [5, 5.41) is 12.5. The molecule has 0 fully saturated rings. The lowest BCUT2D eigenvalue weighted by Gasteiger charge is -1.99. The molecule has 0 aliphatic heterocycles. The summed E-state index contributed by atoms with van der Waals surface area (Å²) in [4.78, 5) is 23.6. The molecule has 0 saturated carbocycles. The largest absolute Gasteiger partial charge is 0.478 e. The Hall–Kier alpha value is -2.21. The Morgan fingerprint density at radius 1 is 1.44 bits per heavy atom. The number of nitrogens with zero attached hydrogens (tertiary/aromatic N) is 2. The topological polar surface area (TPSA) is 72.2 Å². The molecule has 0 amide bonds. The van der Waals surface area contributed by atoms with E-state index >= 15 is 0 Å². The molecule has 2 aromatic heterocycles. The van der Waals surface area contributed by atoms with Crippen LogP contribution in [0.2, 0.25) is 0 Å². The minimum Gasteiger partial charge on any atom is -0.478 e. The third-order valence-electron chi connectivity index (χ3n) is 2.16. The van der Waals surface area contributed by atoms with Crippen molar-refractivity contribution in [2.24, 2.45) is 0 Å². The first-order valence-corrected chi connectivity index (χ1v) is 5.98. The number of carboxylic acid groups (broad SMARTS) is 1. The number of carbonyl (C=O) groups is 1. The van der Waals surface area contributed by atoms with Crippen LogP contribution >= 0.6 is 11.3 Å². The van der Waals surface area contributed by atoms with Crippen LogP contribution in [0.1, 0.15) is 9.75 Å². The molecule has 0 spiro atoms. The van der Waals surface area contributed by atoms with Gasteiger partial charge in [0.1, 0.15) is 0 Å². The number of aromatic nitrogens is 2. The average molecular weight is 262 g/mol. The summed E-state index contributed by atoms with van der Waals surface area (Å²) >= 11 is 1.43. The van der Waals surface area contributed by atoms with Crippen molar-refractivity contribution in [3.05, 3.63) is 56.6 Å². The fraction of sp³-hybridized carbons (Fsp3) is 0.0833. The molecule has 2 rings (SSSR count). The smallest absolute Gasteiger partial charge is 0.328 e. The summed E-state index contributed by atoms with van der Waals surface area (Å²) < 4.78 is 1.36. The van der Waals surface area contributed by atoms with Crippen molar-refractivity contribution in [1.29, 1.82) is 0 Å². The van der Waals surface area contributed by atoms with Crippen LogP contribution in [0.4, 0.5) is 0 Å². The van der Waals surface area contributed by atoms with Gasteiger partial charge in [-0.15, -0.1) is 11.3 Å². The maximum Gasteiger partial charge on any atom is 0.328 e. The molecule has 1 N–H and O–H groups in total. The van der Waals surface area contributed by atoms with Crippen LogP contribution in [0.3, 0.4) is 0 Å². The van der Waals surface area contributed by atoms with Crippen LogP contribution in [-0.4, -0.2) is 20.9 Å². The second kappa shape index (κ2) is 5.42. The van der Waals surface area contributed by atoms with Gasteiger partial charge in [0.2, 0.25) is 0 Å². The standard InChI is InChI=1S/C12H10N2O3S/c15-11-2-1-7-13-14(11)8-10-4-3-9(18-10)5-6-12(16)17/h1-7H,8H2,(H,16,17). The predicted octanol–water partition coefficient (Wildman–Crippen LogP) is 1.45. The summed E-state index contributed by atoms with van der Waals surface area (Å²) in [5.74, 6) is -0.981. The fourth-order valence-corrected chi connectivity index (χ4v) is 2.27. The van der Waals surface area contributed by atoms with Crippen molar-refractivity contribution in [3.63, 3.8) is 0 Å². The zero-order chi connectivity index (χ0) is 13.0. The minimum absolute atomic E-state index is 0.159. The molecule has 0 saturated heterocycles. The first-order valence-electron chi connectivity index (χ1n) is 5.17. The summed E-state index contributed by atoms with van der Waals surface area (Å²) in [6.07, 6.45) is 4.17. The van der Waals surface area contributed by atoms with Gasteiger partial charge in [-0.3, -0.25) is 4.79 Å². The molecule has 0 aliphatic carbocycles. The van der Waals surface area contributed by atoms with Gasteiger partial charge in [0.25, 0.3) is 5.56 Å². The molecule has 0 aliphatic rings. The molecule has 0 bridgehead atoms. The fourth-order valence-electron chi connectivity index (χ4n) is 1.38. The molecule has 5 nitrogen and oxygen atoms in total. The lowest BCUT2D eigenvalue weighted by Crippen LogP contribution is -2.21. The second-order valence-electron chi connectivity index (χ2n) is 3.50. The van der Waals surface area contributed by atoms with Crippen LogP contribution in [0, 0.1) is 0 Å². The zero-order valence-electron chi connectivity index (χ0n) is 9.31. The minimum atomic E-state index is -0.981. The Bertz CT molecular complexity index is 643. The summed E-state index contributed by atoms with van der Waals surface area (Å²) in [6, 6.07) is 6.71. The van der Waals surface area contributed by atoms with Crippen molar-refractivity contribution < 1.29 is 9.90 Å². The lowest BCUT2D eigenvalue weighted by molar-refractivity contribution is -0.131. The zero-order valence-corrected chi connectivity index (χ0v) is 10.1. The van der Waals surface area contributed by atoms with Gasteiger partial charge in [-0.05, 0) is 24.3 Å². The maximum absolute atomic E-state index is 11.5. The van der Waals surface area contributed by atoms with E-state index in [1.165, 1.54) is 28.2 Å². The van der Waals surface area contributed by atoms with Crippen molar-refractivity contribution in [3.8, 4) is 0 Å². The highest BCUT2D eigenvalue weighted by molar-refractivity contribution is 7.12. The van der Waals surface area contributed by atoms with Crippen molar-refractivity contribution in [2.75, 3.05) is 0 Å². The predicted molar refractivity (Wildman–Crippen MR) is 68.6 cm³/mol. The SMILES string of the molecule is O=C(O)C=Cc1ccc(Cn2ncccc2=O)s1. The molecule has 0 aromatic carbocycles. The van der Waals surface area contributed by atoms with Crippen molar-refractivity contribution >= 4 is 23.4 Å². The number of hydrogen-bond donors (Lipinski definition) is 1. The summed E-state index contributed by atoms with van der Waals surface area (Å²) in [5.41, 5.74) is -0.159. The van der Waals surface area contributed by atoms with Gasteiger partial charge in [-0.25, -0.2) is 9.48 Å². The van der Waals surface area contributed by atoms with Crippen LogP contribution in [0.25, 0.3) is 6.08 Å². The van der Waals surface area contributed by atoms with Gasteiger partial charge in [0, 0.05) is 28.1 Å². The van der Waals surface area contributed by atoms with Crippen molar-refractivity contribution in [1.82, 2.24) is 9.78 Å². The highest BCUT2D eigenvalue weighted by Gasteiger charge is 2.01. The molecule has 2 heterocycles. The van der Waals surface area contributed by atoms with E-state index in [-0.39, 0.29) is 5.56 Å². The lowest BCUT2D eigenvalue weighted by atomic mass is 10.4. The van der Waals surface area contributed by atoms with Gasteiger partial charge in [-0.2, -0.15) is 5.10 Å². The van der Waals surface area contributed by atoms with Crippen LogP contribution in [0.5, 0.6) is 0 Å². The van der Waals surface area contributed by atoms with E-state index in [2.05, 4.69) is 5.10 Å². The molecular weight excluding hydrogens is 252 g/mol. The van der Waals surface area contributed by atoms with E-state index in [1.54, 1.807) is 12.3 Å². The number of aliphatic carboxylic acids is 1. The molecule has 0 radical (unpaired) electrons. The van der Waals surface area contributed by atoms with Crippen LogP contribution < -0.4 is 5.56 Å². The third kappa shape index (κ3) is 3.14. The Morgan fingerprint density at radius 2 is 2.28 bits per heavy atom. The molecule has 18 heavy (non-hydrogen) atoms. The molecule has 92 valence electrons. The molecule has 0 atom stereocenters. The number of thiophene rings is 1. The summed E-state index contributed by atoms with van der Waals surface area (Å²) in [7, 11) is 0. The van der Waals surface area contributed by atoms with Gasteiger partial charge >= 0.3 is 5.97 Å². The highest BCUT2D eigenvalue weighted by atomic mass is 32.1. The maximum atomic E-state index is 11.5. The van der Waals surface area contributed by atoms with Gasteiger partial charge in [-0.1, -0.05) is 0 Å². The normalized spacial score (nSPS) is 10.9. The molecular formula is C12H10N2O3S. The number of hydrogen-bond acceptors (Lipinski definition) is 4. The van der Waals surface area contributed by atoms with Crippen LogP contribution in [-0.2, 0) is 11.3 Å².